The van der Waals surface area contributed by atoms with Crippen LogP contribution in [0.2, 0.25) is 0 Å². The van der Waals surface area contributed by atoms with Gasteiger partial charge in [0.25, 0.3) is 5.56 Å². The molecule has 0 spiro atoms. The Bertz CT molecular complexity index is 937. The fourth-order valence-electron chi connectivity index (χ4n) is 2.10. The number of carbonyl (C=O) groups excluding carboxylic acids is 1. The number of aliphatic imine (C=N–C) groups is 1. The van der Waals surface area contributed by atoms with Crippen molar-refractivity contribution in [1.82, 2.24) is 9.13 Å². The van der Waals surface area contributed by atoms with Crippen LogP contribution in [-0.2, 0) is 14.1 Å². The highest BCUT2D eigenvalue weighted by atomic mass is 16.4. The maximum absolute atomic E-state index is 12.2. The topological polar surface area (TPSA) is 117 Å². The van der Waals surface area contributed by atoms with Crippen LogP contribution in [0, 0.1) is 0 Å². The Balaban J connectivity index is 2.64. The van der Waals surface area contributed by atoms with E-state index in [4.69, 9.17) is 0 Å². The van der Waals surface area contributed by atoms with Crippen molar-refractivity contribution in [2.75, 3.05) is 0 Å². The highest BCUT2D eigenvalue weighted by molar-refractivity contribution is 6.02. The molecule has 0 aliphatic heterocycles. The van der Waals surface area contributed by atoms with Crippen LogP contribution in [0.3, 0.4) is 0 Å². The zero-order valence-corrected chi connectivity index (χ0v) is 12.7. The molecule has 0 aliphatic carbocycles. The Labute approximate surface area is 130 Å². The third kappa shape index (κ3) is 2.91. The summed E-state index contributed by atoms with van der Waals surface area (Å²) in [7, 11) is 2.61. The molecule has 0 bridgehead atoms. The maximum Gasteiger partial charge on any atom is 0.333 e. The number of hydrogen-bond acceptors (Lipinski definition) is 6. The van der Waals surface area contributed by atoms with E-state index in [1.807, 2.05) is 0 Å². The summed E-state index contributed by atoms with van der Waals surface area (Å²) < 4.78 is 1.78. The summed E-state index contributed by atoms with van der Waals surface area (Å²) in [4.78, 5) is 38.9. The van der Waals surface area contributed by atoms with Gasteiger partial charge in [0.15, 0.2) is 0 Å². The largest absolute Gasteiger partial charge is 0.545 e. The number of carboxylic acid groups (broad SMARTS) is 1. The summed E-state index contributed by atoms with van der Waals surface area (Å²) in [6.07, 6.45) is 0. The minimum absolute atomic E-state index is 0.0587. The number of aromatic nitrogens is 2. The van der Waals surface area contributed by atoms with Gasteiger partial charge in [0.05, 0.1) is 17.4 Å². The average Bonchev–Trinajstić information content (AvgIpc) is 2.51. The van der Waals surface area contributed by atoms with Gasteiger partial charge in [-0.2, -0.15) is 0 Å². The van der Waals surface area contributed by atoms with Crippen LogP contribution in [0.25, 0.3) is 0 Å². The molecule has 1 aromatic heterocycles. The molecule has 1 N–H and O–H groups in total. The summed E-state index contributed by atoms with van der Waals surface area (Å²) in [5.74, 6) is -1.85. The third-order valence-corrected chi connectivity index (χ3v) is 3.37. The highest BCUT2D eigenvalue weighted by Gasteiger charge is 2.17. The van der Waals surface area contributed by atoms with Gasteiger partial charge in [-0.3, -0.25) is 18.9 Å². The molecule has 8 nitrogen and oxygen atoms in total. The first kappa shape index (κ1) is 16.2. The molecule has 8 heteroatoms. The molecule has 0 saturated carbocycles. The number of nitrogens with zero attached hydrogens (tertiary/aromatic N) is 3. The van der Waals surface area contributed by atoms with Crippen LogP contribution in [-0.4, -0.2) is 25.9 Å². The van der Waals surface area contributed by atoms with Gasteiger partial charge in [-0.25, -0.2) is 4.79 Å². The van der Waals surface area contributed by atoms with E-state index in [0.29, 0.717) is 0 Å². The molecule has 0 unspecified atom stereocenters. The van der Waals surface area contributed by atoms with Gasteiger partial charge >= 0.3 is 5.69 Å². The number of carbonyl (C=O) groups is 1. The lowest BCUT2D eigenvalue weighted by Gasteiger charge is -2.10. The van der Waals surface area contributed by atoms with Crippen LogP contribution >= 0.6 is 0 Å². The van der Waals surface area contributed by atoms with E-state index in [9.17, 15) is 24.6 Å². The number of aromatic carboxylic acids is 1. The van der Waals surface area contributed by atoms with Crippen molar-refractivity contribution in [2.24, 2.45) is 19.1 Å². The standard InChI is InChI=1S/C15H15N3O5/c1-8(16-10-6-4-5-9(7-10)14(21)22)11-12(19)17(2)15(23)18(3)13(11)20/h4-7,19H,1-3H3,(H,21,22)/p-1. The van der Waals surface area contributed by atoms with Crippen molar-refractivity contribution in [2.45, 2.75) is 6.92 Å². The molecule has 1 aromatic carbocycles. The van der Waals surface area contributed by atoms with Crippen LogP contribution in [0.15, 0.2) is 38.8 Å². The molecule has 120 valence electrons. The summed E-state index contributed by atoms with van der Waals surface area (Å²) in [5, 5.41) is 20.9. The molecule has 0 saturated heterocycles. The van der Waals surface area contributed by atoms with Crippen molar-refractivity contribution >= 4 is 17.4 Å². The van der Waals surface area contributed by atoms with Crippen LogP contribution in [0.1, 0.15) is 22.8 Å². The molecule has 0 atom stereocenters. The fourth-order valence-corrected chi connectivity index (χ4v) is 2.10. The van der Waals surface area contributed by atoms with E-state index in [0.717, 1.165) is 9.13 Å². The summed E-state index contributed by atoms with van der Waals surface area (Å²) in [5.41, 5.74) is -1.12. The Morgan fingerprint density at radius 3 is 2.48 bits per heavy atom. The number of carboxylic acids is 1. The number of hydrogen-bond donors (Lipinski definition) is 1. The monoisotopic (exact) mass is 316 g/mol. The van der Waals surface area contributed by atoms with E-state index in [1.165, 1.54) is 39.2 Å². The summed E-state index contributed by atoms with van der Waals surface area (Å²) in [6, 6.07) is 5.66. The quantitative estimate of drug-likeness (QED) is 0.751. The van der Waals surface area contributed by atoms with Crippen LogP contribution < -0.4 is 16.4 Å². The second-order valence-electron chi connectivity index (χ2n) is 4.94. The SMILES string of the molecule is CC(=Nc1cccc(C(=O)[O-])c1)c1c(O)n(C)c(=O)n(C)c1=O. The van der Waals surface area contributed by atoms with Gasteiger partial charge in [-0.15, -0.1) is 0 Å². The Kier molecular flexibility index (Phi) is 4.17. The zero-order chi connectivity index (χ0) is 17.3. The molecular formula is C15H14N3O5-. The van der Waals surface area contributed by atoms with E-state index >= 15 is 0 Å². The first-order valence-corrected chi connectivity index (χ1v) is 6.60. The number of rotatable bonds is 3. The summed E-state index contributed by atoms with van der Waals surface area (Å²) in [6.45, 7) is 1.48. The van der Waals surface area contributed by atoms with Crippen LogP contribution in [0.5, 0.6) is 5.88 Å². The molecule has 0 aliphatic rings. The van der Waals surface area contributed by atoms with E-state index in [1.54, 1.807) is 6.07 Å². The zero-order valence-electron chi connectivity index (χ0n) is 12.7. The molecule has 23 heavy (non-hydrogen) atoms. The lowest BCUT2D eigenvalue weighted by Crippen LogP contribution is -2.39. The second kappa shape index (κ2) is 5.91. The molecule has 0 radical (unpaired) electrons. The molecular weight excluding hydrogens is 302 g/mol. The Hall–Kier alpha value is -3.16. The van der Waals surface area contributed by atoms with Gasteiger partial charge in [0, 0.05) is 14.1 Å². The van der Waals surface area contributed by atoms with Gasteiger partial charge in [-0.05, 0) is 24.6 Å². The first-order chi connectivity index (χ1) is 10.7. The molecule has 0 fully saturated rings. The predicted octanol–water partition coefficient (Wildman–Crippen LogP) is -0.706. The predicted molar refractivity (Wildman–Crippen MR) is 81.2 cm³/mol. The van der Waals surface area contributed by atoms with Gasteiger partial charge in [0.1, 0.15) is 5.56 Å². The summed E-state index contributed by atoms with van der Waals surface area (Å²) >= 11 is 0. The Morgan fingerprint density at radius 2 is 1.87 bits per heavy atom. The first-order valence-electron chi connectivity index (χ1n) is 6.60. The Morgan fingerprint density at radius 1 is 1.22 bits per heavy atom. The van der Waals surface area contributed by atoms with E-state index in [-0.39, 0.29) is 22.5 Å². The number of aromatic hydroxyl groups is 1. The van der Waals surface area contributed by atoms with Gasteiger partial charge < -0.3 is 15.0 Å². The number of benzene rings is 1. The average molecular weight is 316 g/mol. The van der Waals surface area contributed by atoms with Crippen LogP contribution in [0.4, 0.5) is 5.69 Å². The maximum atomic E-state index is 12.2. The van der Waals surface area contributed by atoms with E-state index in [2.05, 4.69) is 4.99 Å². The van der Waals surface area contributed by atoms with E-state index < -0.39 is 23.1 Å². The minimum Gasteiger partial charge on any atom is -0.545 e. The van der Waals surface area contributed by atoms with Crippen molar-refractivity contribution in [3.8, 4) is 5.88 Å². The van der Waals surface area contributed by atoms with Crippen molar-refractivity contribution < 1.29 is 15.0 Å². The minimum atomic E-state index is -1.35. The fraction of sp³-hybridized carbons (Fsp3) is 0.200. The molecule has 2 rings (SSSR count). The molecule has 0 amide bonds. The normalized spacial score (nSPS) is 11.5. The van der Waals surface area contributed by atoms with Gasteiger partial charge in [-0.1, -0.05) is 12.1 Å². The van der Waals surface area contributed by atoms with Crippen molar-refractivity contribution in [3.63, 3.8) is 0 Å². The molecule has 1 heterocycles. The smallest absolute Gasteiger partial charge is 0.333 e. The van der Waals surface area contributed by atoms with Crippen molar-refractivity contribution in [1.29, 1.82) is 0 Å². The van der Waals surface area contributed by atoms with Crippen molar-refractivity contribution in [3.05, 3.63) is 56.2 Å². The lowest BCUT2D eigenvalue weighted by atomic mass is 10.2. The van der Waals surface area contributed by atoms with Gasteiger partial charge in [0.2, 0.25) is 5.88 Å². The lowest BCUT2D eigenvalue weighted by molar-refractivity contribution is -0.255. The highest BCUT2D eigenvalue weighted by Crippen LogP contribution is 2.17. The second-order valence-corrected chi connectivity index (χ2v) is 4.94. The third-order valence-electron chi connectivity index (χ3n) is 3.37. The molecule has 2 aromatic rings.